The van der Waals surface area contributed by atoms with Crippen molar-refractivity contribution in [2.75, 3.05) is 0 Å². The third-order valence-electron chi connectivity index (χ3n) is 12.5. The molecule has 0 spiro atoms. The quantitative estimate of drug-likeness (QED) is 0.0696. The summed E-state index contributed by atoms with van der Waals surface area (Å²) in [5.41, 5.74) is 1.48. The van der Waals surface area contributed by atoms with Gasteiger partial charge in [-0.1, -0.05) is 90.9 Å². The summed E-state index contributed by atoms with van der Waals surface area (Å²) < 4.78 is 40.0. The normalized spacial score (nSPS) is 19.7. The number of thiophene rings is 4. The van der Waals surface area contributed by atoms with Crippen molar-refractivity contribution in [1.29, 1.82) is 0 Å². The van der Waals surface area contributed by atoms with E-state index in [9.17, 15) is 0 Å². The van der Waals surface area contributed by atoms with E-state index < -0.39 is 0 Å². The summed E-state index contributed by atoms with van der Waals surface area (Å²) in [5, 5.41) is 0. The molecule has 2 fully saturated rings. The van der Waals surface area contributed by atoms with Gasteiger partial charge in [-0.2, -0.15) is 0 Å². The summed E-state index contributed by atoms with van der Waals surface area (Å²) in [7, 11) is -0.662. The van der Waals surface area contributed by atoms with Crippen LogP contribution in [-0.4, -0.2) is 41.2 Å². The molecule has 0 unspecified atom stereocenters. The summed E-state index contributed by atoms with van der Waals surface area (Å²) in [6.45, 7) is 21.8. The first kappa shape index (κ1) is 39.3. The lowest BCUT2D eigenvalue weighted by Gasteiger charge is -2.32. The molecular weight excluding hydrogens is 720 g/mol. The molecule has 0 aliphatic carbocycles. The Hall–Kier alpha value is -0.910. The van der Waals surface area contributed by atoms with Crippen LogP contribution in [0.25, 0.3) is 39.2 Å². The number of nitrogens with zero attached hydrogens (tertiary/aromatic N) is 1. The molecule has 0 radical (unpaired) electrons. The third kappa shape index (κ3) is 7.26. The molecular formula is C41H61B2NO4S4. The number of fused-ring (bicyclic) bond motifs is 7. The third-order valence-corrected chi connectivity index (χ3v) is 17.5. The highest BCUT2D eigenvalue weighted by Gasteiger charge is 2.53. The summed E-state index contributed by atoms with van der Waals surface area (Å²) >= 11 is 7.74. The van der Waals surface area contributed by atoms with Crippen LogP contribution < -0.4 is 9.55 Å². The highest BCUT2D eigenvalue weighted by Crippen LogP contribution is 2.52. The number of unbranched alkanes of at least 4 members (excludes halogenated alkanes) is 10. The monoisotopic (exact) mass is 781 g/mol. The van der Waals surface area contributed by atoms with Gasteiger partial charge < -0.3 is 23.2 Å². The van der Waals surface area contributed by atoms with Crippen LogP contribution >= 0.6 is 45.3 Å². The molecule has 0 atom stereocenters. The lowest BCUT2D eigenvalue weighted by Crippen LogP contribution is -2.41. The van der Waals surface area contributed by atoms with E-state index in [0.717, 1.165) is 0 Å². The predicted molar refractivity (Wildman–Crippen MR) is 232 cm³/mol. The average molecular weight is 782 g/mol. The minimum Gasteiger partial charge on any atom is -0.399 e. The van der Waals surface area contributed by atoms with Crippen molar-refractivity contribution in [1.82, 2.24) is 4.57 Å². The van der Waals surface area contributed by atoms with Crippen LogP contribution in [0.3, 0.4) is 0 Å². The van der Waals surface area contributed by atoms with Gasteiger partial charge in [-0.15, -0.1) is 45.3 Å². The number of aromatic nitrogens is 1. The Morgan fingerprint density at radius 2 is 0.846 bits per heavy atom. The van der Waals surface area contributed by atoms with Gasteiger partial charge in [0.25, 0.3) is 0 Å². The molecule has 5 aromatic rings. The zero-order valence-corrected chi connectivity index (χ0v) is 36.8. The van der Waals surface area contributed by atoms with Crippen LogP contribution in [-0.2, 0) is 18.6 Å². The molecule has 0 aromatic carbocycles. The van der Waals surface area contributed by atoms with Gasteiger partial charge in [0, 0.05) is 25.0 Å². The fourth-order valence-corrected chi connectivity index (χ4v) is 13.2. The zero-order valence-electron chi connectivity index (χ0n) is 33.5. The minimum absolute atomic E-state index is 0.331. The first-order valence-electron chi connectivity index (χ1n) is 20.3. The van der Waals surface area contributed by atoms with Crippen molar-refractivity contribution in [3.63, 3.8) is 0 Å². The van der Waals surface area contributed by atoms with Gasteiger partial charge in [-0.25, -0.2) is 0 Å². The zero-order chi connectivity index (χ0) is 37.1. The second kappa shape index (κ2) is 15.2. The van der Waals surface area contributed by atoms with E-state index in [-0.39, 0.29) is 36.6 Å². The van der Waals surface area contributed by atoms with E-state index >= 15 is 0 Å². The molecule has 2 aliphatic rings. The molecule has 2 aliphatic heterocycles. The van der Waals surface area contributed by atoms with Gasteiger partial charge in [-0.3, -0.25) is 0 Å². The summed E-state index contributed by atoms with van der Waals surface area (Å²) in [6.07, 6.45) is 18.4. The Labute approximate surface area is 329 Å². The Morgan fingerprint density at radius 3 is 1.21 bits per heavy atom. The van der Waals surface area contributed by atoms with Crippen molar-refractivity contribution in [2.24, 2.45) is 0 Å². The maximum absolute atomic E-state index is 6.57. The second-order valence-corrected chi connectivity index (χ2v) is 21.8. The van der Waals surface area contributed by atoms with Crippen LogP contribution in [0.15, 0.2) is 12.1 Å². The van der Waals surface area contributed by atoms with Crippen LogP contribution in [0.4, 0.5) is 0 Å². The van der Waals surface area contributed by atoms with Gasteiger partial charge in [0.2, 0.25) is 0 Å². The standard InChI is InChI=1S/C41H61B2NO4S4/c1-11-13-15-17-19-21-23-27(24-22-20-18-16-14-12-2)44-32-34-28(25-30(51-34)42-45-38(3,4)39(5,6)46-42)49-36(32)37-33(44)35-29(50-37)26-31(52-35)43-47-40(7,8)41(9,10)48-43/h25-27H,11-24H2,1-10H3. The van der Waals surface area contributed by atoms with Gasteiger partial charge in [-0.05, 0) is 80.4 Å². The Kier molecular flexibility index (Phi) is 11.5. The molecule has 0 saturated carbocycles. The summed E-state index contributed by atoms with van der Waals surface area (Å²) in [5.74, 6) is 0. The van der Waals surface area contributed by atoms with Crippen LogP contribution in [0.2, 0.25) is 0 Å². The van der Waals surface area contributed by atoms with Gasteiger partial charge in [0.1, 0.15) is 0 Å². The van der Waals surface area contributed by atoms with E-state index in [1.54, 1.807) is 0 Å². The van der Waals surface area contributed by atoms with Crippen molar-refractivity contribution in [2.45, 2.75) is 188 Å². The Morgan fingerprint density at radius 1 is 0.500 bits per heavy atom. The molecule has 5 nitrogen and oxygen atoms in total. The minimum atomic E-state index is -0.355. The number of rotatable bonds is 17. The lowest BCUT2D eigenvalue weighted by atomic mass is 9.88. The van der Waals surface area contributed by atoms with Gasteiger partial charge in [0.05, 0.1) is 52.2 Å². The summed E-state index contributed by atoms with van der Waals surface area (Å²) in [4.78, 5) is 0. The first-order chi connectivity index (χ1) is 24.7. The maximum Gasteiger partial charge on any atom is 0.505 e. The molecule has 7 heterocycles. The smallest absolute Gasteiger partial charge is 0.399 e. The van der Waals surface area contributed by atoms with E-state index in [4.69, 9.17) is 18.6 Å². The topological polar surface area (TPSA) is 41.9 Å². The highest BCUT2D eigenvalue weighted by atomic mass is 32.1. The van der Waals surface area contributed by atoms with E-state index in [1.807, 2.05) is 45.3 Å². The number of hydrogen-bond donors (Lipinski definition) is 0. The van der Waals surface area contributed by atoms with E-state index in [2.05, 4.69) is 85.9 Å². The van der Waals surface area contributed by atoms with Crippen molar-refractivity contribution in [3.05, 3.63) is 12.1 Å². The van der Waals surface area contributed by atoms with Crippen LogP contribution in [0.1, 0.15) is 165 Å². The molecule has 2 saturated heterocycles. The van der Waals surface area contributed by atoms with Crippen LogP contribution in [0, 0.1) is 0 Å². The second-order valence-electron chi connectivity index (χ2n) is 17.6. The SMILES string of the molecule is CCCCCCCCC(CCCCCCCC)n1c2c3sc(B4OC(C)(C)C(C)(C)O4)cc3sc2c2sc3cc(B4OC(C)(C)C(C)(C)O4)sc3c21. The molecule has 5 aromatic heterocycles. The molecule has 11 heteroatoms. The van der Waals surface area contributed by atoms with Gasteiger partial charge in [0.15, 0.2) is 0 Å². The molecule has 0 N–H and O–H groups in total. The Bertz CT molecular complexity index is 1820. The van der Waals surface area contributed by atoms with E-state index in [0.29, 0.717) is 6.04 Å². The fraction of sp³-hybridized carbons (Fsp3) is 0.707. The van der Waals surface area contributed by atoms with Crippen molar-refractivity contribution in [3.8, 4) is 0 Å². The first-order valence-corrected chi connectivity index (χ1v) is 23.6. The average Bonchev–Trinajstić information content (AvgIpc) is 3.90. The molecule has 7 rings (SSSR count). The Balaban J connectivity index is 1.32. The van der Waals surface area contributed by atoms with Crippen molar-refractivity contribution < 1.29 is 18.6 Å². The molecule has 284 valence electrons. The van der Waals surface area contributed by atoms with E-state index in [1.165, 1.54) is 139 Å². The largest absolute Gasteiger partial charge is 0.505 e. The summed E-state index contributed by atoms with van der Waals surface area (Å²) in [6, 6.07) is 5.20. The lowest BCUT2D eigenvalue weighted by molar-refractivity contribution is 0.00578. The molecule has 0 amide bonds. The maximum atomic E-state index is 6.57. The molecule has 0 bridgehead atoms. The highest BCUT2D eigenvalue weighted by molar-refractivity contribution is 7.41. The van der Waals surface area contributed by atoms with Gasteiger partial charge >= 0.3 is 14.2 Å². The fourth-order valence-electron chi connectivity index (χ4n) is 7.89. The number of hydrogen-bond acceptors (Lipinski definition) is 8. The van der Waals surface area contributed by atoms with Crippen LogP contribution in [0.5, 0.6) is 0 Å². The molecule has 52 heavy (non-hydrogen) atoms. The van der Waals surface area contributed by atoms with Crippen molar-refractivity contribution >= 4 is 108 Å². The predicted octanol–water partition coefficient (Wildman–Crippen LogP) is 13.0.